The van der Waals surface area contributed by atoms with Crippen LogP contribution in [0.15, 0.2) is 57.9 Å². The predicted octanol–water partition coefficient (Wildman–Crippen LogP) is 3.22. The molecule has 0 fully saturated rings. The number of rotatable bonds is 6. The molecule has 2 aromatic rings. The van der Waals surface area contributed by atoms with Gasteiger partial charge in [-0.25, -0.2) is 5.84 Å². The minimum Gasteiger partial charge on any atom is -0.493 e. The monoisotopic (exact) mass is 366 g/mol. The highest BCUT2D eigenvalue weighted by atomic mass is 79.9. The van der Waals surface area contributed by atoms with Gasteiger partial charge in [-0.1, -0.05) is 28.1 Å². The molecule has 6 heteroatoms. The zero-order chi connectivity index (χ0) is 15.1. The van der Waals surface area contributed by atoms with Gasteiger partial charge < -0.3 is 4.74 Å². The van der Waals surface area contributed by atoms with E-state index in [0.717, 1.165) is 10.2 Å². The van der Waals surface area contributed by atoms with E-state index in [1.165, 1.54) is 4.90 Å². The lowest BCUT2D eigenvalue weighted by Crippen LogP contribution is -2.29. The van der Waals surface area contributed by atoms with E-state index in [1.54, 1.807) is 30.0 Å². The Morgan fingerprint density at radius 1 is 1.24 bits per heavy atom. The second-order valence-electron chi connectivity index (χ2n) is 4.16. The molecular formula is C15H15BrN2O2S. The van der Waals surface area contributed by atoms with Gasteiger partial charge in [-0.05, 0) is 36.4 Å². The van der Waals surface area contributed by atoms with Crippen LogP contribution in [0.3, 0.4) is 0 Å². The molecule has 110 valence electrons. The normalized spacial score (nSPS) is 10.2. The largest absolute Gasteiger partial charge is 0.493 e. The average molecular weight is 367 g/mol. The smallest absolute Gasteiger partial charge is 0.265 e. The van der Waals surface area contributed by atoms with Crippen molar-refractivity contribution in [3.8, 4) is 5.75 Å². The molecule has 0 saturated carbocycles. The van der Waals surface area contributed by atoms with Gasteiger partial charge in [0.25, 0.3) is 5.91 Å². The van der Waals surface area contributed by atoms with E-state index in [9.17, 15) is 4.79 Å². The fourth-order valence-electron chi connectivity index (χ4n) is 1.69. The van der Waals surface area contributed by atoms with Gasteiger partial charge in [0.1, 0.15) is 5.75 Å². The summed E-state index contributed by atoms with van der Waals surface area (Å²) in [7, 11) is 0. The standard InChI is InChI=1S/C15H15BrN2O2S/c16-12-4-2-6-14(10-12)21-8-7-20-13-5-1-3-11(9-13)15(19)18-17/h1-6,9-10H,7-8,17H2,(H,18,19). The lowest BCUT2D eigenvalue weighted by Gasteiger charge is -2.07. The maximum atomic E-state index is 11.4. The summed E-state index contributed by atoms with van der Waals surface area (Å²) in [6.07, 6.45) is 0. The molecule has 0 heterocycles. The molecule has 0 aliphatic rings. The Bertz CT molecular complexity index is 622. The van der Waals surface area contributed by atoms with Crippen LogP contribution in [0.1, 0.15) is 10.4 Å². The molecule has 0 aliphatic carbocycles. The summed E-state index contributed by atoms with van der Waals surface area (Å²) in [5.41, 5.74) is 2.58. The lowest BCUT2D eigenvalue weighted by molar-refractivity contribution is 0.0953. The number of hydrazine groups is 1. The zero-order valence-corrected chi connectivity index (χ0v) is 13.6. The highest BCUT2D eigenvalue weighted by molar-refractivity contribution is 9.10. The number of halogens is 1. The van der Waals surface area contributed by atoms with Gasteiger partial charge in [0.05, 0.1) is 6.61 Å². The first-order chi connectivity index (χ1) is 10.2. The van der Waals surface area contributed by atoms with Crippen molar-refractivity contribution in [2.24, 2.45) is 5.84 Å². The first-order valence-electron chi connectivity index (χ1n) is 6.31. The molecule has 1 amide bonds. The first-order valence-corrected chi connectivity index (χ1v) is 8.09. The van der Waals surface area contributed by atoms with Crippen molar-refractivity contribution in [1.29, 1.82) is 0 Å². The molecule has 0 saturated heterocycles. The van der Waals surface area contributed by atoms with Crippen LogP contribution in [0.25, 0.3) is 0 Å². The summed E-state index contributed by atoms with van der Waals surface area (Å²) < 4.78 is 6.70. The van der Waals surface area contributed by atoms with Crippen molar-refractivity contribution in [3.05, 3.63) is 58.6 Å². The summed E-state index contributed by atoms with van der Waals surface area (Å²) in [6.45, 7) is 0.560. The molecule has 0 unspecified atom stereocenters. The molecule has 0 aromatic heterocycles. The Kier molecular flexibility index (Phi) is 6.10. The van der Waals surface area contributed by atoms with E-state index in [-0.39, 0.29) is 5.91 Å². The van der Waals surface area contributed by atoms with Crippen LogP contribution in [-0.4, -0.2) is 18.3 Å². The average Bonchev–Trinajstić information content (AvgIpc) is 2.51. The SMILES string of the molecule is NNC(=O)c1cccc(OCCSc2cccc(Br)c2)c1. The highest BCUT2D eigenvalue weighted by Crippen LogP contribution is 2.22. The zero-order valence-electron chi connectivity index (χ0n) is 11.2. The summed E-state index contributed by atoms with van der Waals surface area (Å²) in [4.78, 5) is 12.6. The molecule has 0 aliphatic heterocycles. The number of carbonyl (C=O) groups excluding carboxylic acids is 1. The van der Waals surface area contributed by atoms with Crippen molar-refractivity contribution in [2.45, 2.75) is 4.90 Å². The number of nitrogen functional groups attached to an aromatic ring is 1. The molecule has 3 N–H and O–H groups in total. The summed E-state index contributed by atoms with van der Waals surface area (Å²) >= 11 is 5.16. The Balaban J connectivity index is 1.82. The fraction of sp³-hybridized carbons (Fsp3) is 0.133. The van der Waals surface area contributed by atoms with Gasteiger partial charge in [-0.3, -0.25) is 10.2 Å². The third-order valence-corrected chi connectivity index (χ3v) is 4.10. The molecule has 4 nitrogen and oxygen atoms in total. The molecule has 2 rings (SSSR count). The molecule has 0 radical (unpaired) electrons. The van der Waals surface area contributed by atoms with Crippen molar-refractivity contribution in [3.63, 3.8) is 0 Å². The number of benzene rings is 2. The van der Waals surface area contributed by atoms with E-state index in [1.807, 2.05) is 18.2 Å². The van der Waals surface area contributed by atoms with E-state index in [2.05, 4.69) is 33.5 Å². The third kappa shape index (κ3) is 5.08. The number of amides is 1. The van der Waals surface area contributed by atoms with Gasteiger partial charge in [0.2, 0.25) is 0 Å². The topological polar surface area (TPSA) is 64.3 Å². The Hall–Kier alpha value is -1.50. The van der Waals surface area contributed by atoms with Crippen LogP contribution in [0.2, 0.25) is 0 Å². The second kappa shape index (κ2) is 8.07. The maximum absolute atomic E-state index is 11.4. The predicted molar refractivity (Wildman–Crippen MR) is 88.5 cm³/mol. The third-order valence-electron chi connectivity index (χ3n) is 2.64. The summed E-state index contributed by atoms with van der Waals surface area (Å²) in [6, 6.07) is 15.1. The van der Waals surface area contributed by atoms with Gasteiger partial charge in [-0.15, -0.1) is 11.8 Å². The second-order valence-corrected chi connectivity index (χ2v) is 6.24. The number of nitrogens with one attached hydrogen (secondary N) is 1. The maximum Gasteiger partial charge on any atom is 0.265 e. The van der Waals surface area contributed by atoms with E-state index < -0.39 is 0 Å². The fourth-order valence-corrected chi connectivity index (χ4v) is 3.02. The minimum atomic E-state index is -0.330. The van der Waals surface area contributed by atoms with Gasteiger partial charge in [0, 0.05) is 20.7 Å². The van der Waals surface area contributed by atoms with E-state index in [4.69, 9.17) is 10.6 Å². The van der Waals surface area contributed by atoms with Crippen LogP contribution in [0.5, 0.6) is 5.75 Å². The number of nitrogens with two attached hydrogens (primary N) is 1. The molecule has 2 aromatic carbocycles. The number of hydrogen-bond donors (Lipinski definition) is 2. The lowest BCUT2D eigenvalue weighted by atomic mass is 10.2. The van der Waals surface area contributed by atoms with Crippen molar-refractivity contribution >= 4 is 33.6 Å². The number of ether oxygens (including phenoxy) is 1. The quantitative estimate of drug-likeness (QED) is 0.271. The van der Waals surface area contributed by atoms with Gasteiger partial charge >= 0.3 is 0 Å². The number of hydrogen-bond acceptors (Lipinski definition) is 4. The van der Waals surface area contributed by atoms with Crippen molar-refractivity contribution < 1.29 is 9.53 Å². The van der Waals surface area contributed by atoms with Crippen LogP contribution in [0.4, 0.5) is 0 Å². The number of thioether (sulfide) groups is 1. The van der Waals surface area contributed by atoms with E-state index >= 15 is 0 Å². The van der Waals surface area contributed by atoms with E-state index in [0.29, 0.717) is 17.9 Å². The van der Waals surface area contributed by atoms with Crippen LogP contribution >= 0.6 is 27.7 Å². The molecular weight excluding hydrogens is 352 g/mol. The first kappa shape index (κ1) is 15.9. The Labute approximate surface area is 136 Å². The van der Waals surface area contributed by atoms with Gasteiger partial charge in [0.15, 0.2) is 0 Å². The van der Waals surface area contributed by atoms with Crippen LogP contribution < -0.4 is 16.0 Å². The molecule has 21 heavy (non-hydrogen) atoms. The van der Waals surface area contributed by atoms with Crippen molar-refractivity contribution in [2.75, 3.05) is 12.4 Å². The number of carbonyl (C=O) groups is 1. The minimum absolute atomic E-state index is 0.330. The van der Waals surface area contributed by atoms with Crippen molar-refractivity contribution in [1.82, 2.24) is 5.43 Å². The van der Waals surface area contributed by atoms with Crippen LogP contribution in [0, 0.1) is 0 Å². The molecule has 0 bridgehead atoms. The molecule has 0 atom stereocenters. The Morgan fingerprint density at radius 2 is 2.05 bits per heavy atom. The van der Waals surface area contributed by atoms with Crippen LogP contribution in [-0.2, 0) is 0 Å². The van der Waals surface area contributed by atoms with Gasteiger partial charge in [-0.2, -0.15) is 0 Å². The highest BCUT2D eigenvalue weighted by Gasteiger charge is 2.04. The molecule has 0 spiro atoms. The Morgan fingerprint density at radius 3 is 2.81 bits per heavy atom. The summed E-state index contributed by atoms with van der Waals surface area (Å²) in [5, 5.41) is 0. The summed E-state index contributed by atoms with van der Waals surface area (Å²) in [5.74, 6) is 6.26.